The first kappa shape index (κ1) is 13.6. The molecule has 0 saturated heterocycles. The molecule has 0 atom stereocenters. The molecule has 2 rings (SSSR count). The zero-order chi connectivity index (χ0) is 14.0. The second kappa shape index (κ2) is 5.45. The molecule has 1 nitrogen and oxygen atoms in total. The Hall–Kier alpha value is -1.81. The largest absolute Gasteiger partial charge is 0.294 e. The van der Waals surface area contributed by atoms with E-state index in [-0.39, 0.29) is 22.6 Å². The van der Waals surface area contributed by atoms with Crippen molar-refractivity contribution < 1.29 is 18.0 Å². The van der Waals surface area contributed by atoms with Gasteiger partial charge in [0.1, 0.15) is 17.5 Å². The van der Waals surface area contributed by atoms with Gasteiger partial charge in [0.25, 0.3) is 0 Å². The van der Waals surface area contributed by atoms with Crippen LogP contribution in [-0.4, -0.2) is 5.78 Å². The first-order valence-electron chi connectivity index (χ1n) is 5.39. The number of halogens is 4. The molecule has 19 heavy (non-hydrogen) atoms. The highest BCUT2D eigenvalue weighted by atomic mass is 35.5. The third kappa shape index (κ3) is 3.15. The van der Waals surface area contributed by atoms with E-state index in [0.29, 0.717) is 0 Å². The molecule has 0 heterocycles. The Morgan fingerprint density at radius 1 is 1.00 bits per heavy atom. The van der Waals surface area contributed by atoms with Gasteiger partial charge in [-0.1, -0.05) is 11.6 Å². The van der Waals surface area contributed by atoms with Crippen molar-refractivity contribution in [2.24, 2.45) is 0 Å². The number of hydrogen-bond donors (Lipinski definition) is 0. The number of carbonyl (C=O) groups excluding carboxylic acids is 1. The van der Waals surface area contributed by atoms with Crippen LogP contribution in [0.15, 0.2) is 36.4 Å². The molecule has 2 aromatic rings. The quantitative estimate of drug-likeness (QED) is 0.773. The smallest absolute Gasteiger partial charge is 0.168 e. The van der Waals surface area contributed by atoms with Gasteiger partial charge in [-0.15, -0.1) is 0 Å². The number of benzene rings is 2. The lowest BCUT2D eigenvalue weighted by Crippen LogP contribution is -2.06. The van der Waals surface area contributed by atoms with Crippen LogP contribution in [0.3, 0.4) is 0 Å². The first-order chi connectivity index (χ1) is 8.97. The maximum absolute atomic E-state index is 13.4. The van der Waals surface area contributed by atoms with Crippen LogP contribution in [-0.2, 0) is 6.42 Å². The number of Topliss-reactive ketones (excluding diaryl/α,β-unsaturated/α-hetero) is 1. The van der Waals surface area contributed by atoms with Crippen LogP contribution in [0.2, 0.25) is 5.02 Å². The summed E-state index contributed by atoms with van der Waals surface area (Å²) in [5.74, 6) is -2.38. The van der Waals surface area contributed by atoms with Crippen molar-refractivity contribution in [2.45, 2.75) is 6.42 Å². The summed E-state index contributed by atoms with van der Waals surface area (Å²) >= 11 is 5.73. The van der Waals surface area contributed by atoms with Crippen LogP contribution in [0.1, 0.15) is 15.9 Å². The highest BCUT2D eigenvalue weighted by molar-refractivity contribution is 6.34. The molecule has 0 amide bonds. The van der Waals surface area contributed by atoms with E-state index in [1.54, 1.807) is 0 Å². The molecule has 0 radical (unpaired) electrons. The van der Waals surface area contributed by atoms with E-state index in [4.69, 9.17) is 11.6 Å². The summed E-state index contributed by atoms with van der Waals surface area (Å²) in [7, 11) is 0. The van der Waals surface area contributed by atoms with Crippen molar-refractivity contribution in [1.29, 1.82) is 0 Å². The van der Waals surface area contributed by atoms with Gasteiger partial charge >= 0.3 is 0 Å². The van der Waals surface area contributed by atoms with Crippen LogP contribution in [0.4, 0.5) is 13.2 Å². The minimum Gasteiger partial charge on any atom is -0.294 e. The fourth-order valence-electron chi connectivity index (χ4n) is 1.66. The van der Waals surface area contributed by atoms with E-state index in [0.717, 1.165) is 30.3 Å². The normalized spacial score (nSPS) is 10.5. The Morgan fingerprint density at radius 2 is 1.63 bits per heavy atom. The number of hydrogen-bond acceptors (Lipinski definition) is 1. The second-order valence-electron chi connectivity index (χ2n) is 3.96. The Morgan fingerprint density at radius 3 is 2.32 bits per heavy atom. The highest BCUT2D eigenvalue weighted by Crippen LogP contribution is 2.20. The number of rotatable bonds is 3. The van der Waals surface area contributed by atoms with Gasteiger partial charge in [0.15, 0.2) is 5.78 Å². The molecule has 0 bridgehead atoms. The lowest BCUT2D eigenvalue weighted by molar-refractivity contribution is 0.0992. The maximum Gasteiger partial charge on any atom is 0.168 e. The standard InChI is InChI=1S/C14H8ClF3O/c15-12-7-10(17)1-3-11(12)14(19)6-8-5-9(16)2-4-13(8)18/h1-5,7H,6H2. The van der Waals surface area contributed by atoms with Crippen LogP contribution in [0.5, 0.6) is 0 Å². The molecule has 2 aromatic carbocycles. The molecule has 0 aromatic heterocycles. The summed E-state index contributed by atoms with van der Waals surface area (Å²) in [6.07, 6.45) is -0.338. The van der Waals surface area contributed by atoms with Crippen molar-refractivity contribution in [3.63, 3.8) is 0 Å². The first-order valence-corrected chi connectivity index (χ1v) is 5.77. The van der Waals surface area contributed by atoms with Crippen molar-refractivity contribution in [2.75, 3.05) is 0 Å². The highest BCUT2D eigenvalue weighted by Gasteiger charge is 2.14. The van der Waals surface area contributed by atoms with Crippen LogP contribution in [0, 0.1) is 17.5 Å². The van der Waals surface area contributed by atoms with Gasteiger partial charge in [-0.05, 0) is 42.0 Å². The number of ketones is 1. The molecule has 0 unspecified atom stereocenters. The average molecular weight is 285 g/mol. The Kier molecular flexibility index (Phi) is 3.90. The lowest BCUT2D eigenvalue weighted by Gasteiger charge is -2.05. The van der Waals surface area contributed by atoms with Crippen molar-refractivity contribution in [1.82, 2.24) is 0 Å². The van der Waals surface area contributed by atoms with E-state index >= 15 is 0 Å². The average Bonchev–Trinajstić information content (AvgIpc) is 2.33. The maximum atomic E-state index is 13.4. The Balaban J connectivity index is 2.28. The van der Waals surface area contributed by atoms with Gasteiger partial charge in [-0.25, -0.2) is 13.2 Å². The van der Waals surface area contributed by atoms with Gasteiger partial charge in [0.05, 0.1) is 5.02 Å². The summed E-state index contributed by atoms with van der Waals surface area (Å²) in [5.41, 5.74) is 0.0112. The predicted molar refractivity (Wildman–Crippen MR) is 65.8 cm³/mol. The van der Waals surface area contributed by atoms with Crippen molar-refractivity contribution in [3.05, 3.63) is 70.0 Å². The summed E-state index contributed by atoms with van der Waals surface area (Å²) in [4.78, 5) is 11.9. The van der Waals surface area contributed by atoms with E-state index < -0.39 is 23.2 Å². The van der Waals surface area contributed by atoms with Crippen LogP contribution < -0.4 is 0 Å². The fraction of sp³-hybridized carbons (Fsp3) is 0.0714. The molecule has 0 fully saturated rings. The monoisotopic (exact) mass is 284 g/mol. The molecule has 0 aliphatic carbocycles. The lowest BCUT2D eigenvalue weighted by atomic mass is 10.0. The second-order valence-corrected chi connectivity index (χ2v) is 4.37. The van der Waals surface area contributed by atoms with Crippen molar-refractivity contribution in [3.8, 4) is 0 Å². The molecule has 0 saturated carbocycles. The molecular formula is C14H8ClF3O. The van der Waals surface area contributed by atoms with Gasteiger partial charge in [0, 0.05) is 12.0 Å². The molecular weight excluding hydrogens is 277 g/mol. The van der Waals surface area contributed by atoms with Gasteiger partial charge in [-0.2, -0.15) is 0 Å². The molecule has 0 spiro atoms. The topological polar surface area (TPSA) is 17.1 Å². The summed E-state index contributed by atoms with van der Waals surface area (Å²) < 4.78 is 39.2. The van der Waals surface area contributed by atoms with E-state index in [1.807, 2.05) is 0 Å². The van der Waals surface area contributed by atoms with Gasteiger partial charge < -0.3 is 0 Å². The van der Waals surface area contributed by atoms with E-state index in [1.165, 1.54) is 6.07 Å². The zero-order valence-corrected chi connectivity index (χ0v) is 10.3. The minimum absolute atomic E-state index is 0.0539. The number of carbonyl (C=O) groups is 1. The summed E-state index contributed by atoms with van der Waals surface area (Å²) in [6.45, 7) is 0. The Bertz CT molecular complexity index is 641. The SMILES string of the molecule is O=C(Cc1cc(F)ccc1F)c1ccc(F)cc1Cl. The fourth-order valence-corrected chi connectivity index (χ4v) is 1.94. The van der Waals surface area contributed by atoms with Gasteiger partial charge in [-0.3, -0.25) is 4.79 Å². The molecule has 0 N–H and O–H groups in total. The third-order valence-electron chi connectivity index (χ3n) is 2.59. The van der Waals surface area contributed by atoms with Crippen LogP contribution >= 0.6 is 11.6 Å². The zero-order valence-electron chi connectivity index (χ0n) is 9.59. The van der Waals surface area contributed by atoms with E-state index in [2.05, 4.69) is 0 Å². The molecule has 0 aliphatic heterocycles. The summed E-state index contributed by atoms with van der Waals surface area (Å²) in [6, 6.07) is 6.16. The Labute approximate surface area is 112 Å². The molecule has 0 aliphatic rings. The minimum atomic E-state index is -0.673. The molecule has 98 valence electrons. The third-order valence-corrected chi connectivity index (χ3v) is 2.90. The predicted octanol–water partition coefficient (Wildman–Crippen LogP) is 4.18. The van der Waals surface area contributed by atoms with Crippen molar-refractivity contribution >= 4 is 17.4 Å². The molecule has 5 heteroatoms. The van der Waals surface area contributed by atoms with Gasteiger partial charge in [0.2, 0.25) is 0 Å². The van der Waals surface area contributed by atoms with Crippen LogP contribution in [0.25, 0.3) is 0 Å². The summed E-state index contributed by atoms with van der Waals surface area (Å²) in [5, 5.41) is -0.0539. The van der Waals surface area contributed by atoms with E-state index in [9.17, 15) is 18.0 Å².